The molecule has 5 rings (SSSR count). The van der Waals surface area contributed by atoms with Gasteiger partial charge in [-0.3, -0.25) is 9.59 Å². The number of aliphatic hydroxyl groups is 1. The molecule has 0 bridgehead atoms. The first-order valence-electron chi connectivity index (χ1n) is 13.1. The molecule has 1 aromatic heterocycles. The van der Waals surface area contributed by atoms with Gasteiger partial charge >= 0.3 is 0 Å². The SMILES string of the molecule is COc1cccc(C2/C(=C(/O)c3ccc(OCc4cccc(C)c4)cc3)C(=O)C(=O)N2CCCn2ccnc2)c1. The Morgan fingerprint density at radius 3 is 2.50 bits per heavy atom. The lowest BCUT2D eigenvalue weighted by molar-refractivity contribution is -0.139. The highest BCUT2D eigenvalue weighted by atomic mass is 16.5. The van der Waals surface area contributed by atoms with Crippen LogP contribution in [0.1, 0.15) is 34.7 Å². The summed E-state index contributed by atoms with van der Waals surface area (Å²) in [6.45, 7) is 3.40. The molecule has 204 valence electrons. The molecule has 1 atom stereocenters. The zero-order chi connectivity index (χ0) is 28.1. The summed E-state index contributed by atoms with van der Waals surface area (Å²) < 4.78 is 13.2. The average molecular weight is 538 g/mol. The van der Waals surface area contributed by atoms with Crippen molar-refractivity contribution in [3.05, 3.63) is 119 Å². The topological polar surface area (TPSA) is 93.9 Å². The maximum atomic E-state index is 13.3. The summed E-state index contributed by atoms with van der Waals surface area (Å²) in [7, 11) is 1.56. The second kappa shape index (κ2) is 11.9. The summed E-state index contributed by atoms with van der Waals surface area (Å²) in [6.07, 6.45) is 5.86. The van der Waals surface area contributed by atoms with Crippen molar-refractivity contribution in [1.29, 1.82) is 0 Å². The molecule has 1 fully saturated rings. The standard InChI is InChI=1S/C32H31N3O5/c1-22-6-3-7-23(18-22)20-40-26-12-10-24(11-13-26)30(36)28-29(25-8-4-9-27(19-25)39-2)35(32(38)31(28)37)16-5-15-34-17-14-33-21-34/h3-4,6-14,17-19,21,29,36H,5,15-16,20H2,1-2H3/b30-28-. The molecule has 8 heteroatoms. The van der Waals surface area contributed by atoms with Gasteiger partial charge in [-0.05, 0) is 60.9 Å². The number of Topliss-reactive ketones (excluding diaryl/α,β-unsaturated/α-hetero) is 1. The number of nitrogens with zero attached hydrogens (tertiary/aromatic N) is 3. The number of aromatic nitrogens is 2. The average Bonchev–Trinajstić information content (AvgIpc) is 3.58. The summed E-state index contributed by atoms with van der Waals surface area (Å²) in [5, 5.41) is 11.4. The Morgan fingerprint density at radius 2 is 1.77 bits per heavy atom. The Hall–Kier alpha value is -4.85. The first-order chi connectivity index (χ1) is 19.4. The first kappa shape index (κ1) is 26.7. The lowest BCUT2D eigenvalue weighted by Crippen LogP contribution is -2.31. The monoisotopic (exact) mass is 537 g/mol. The van der Waals surface area contributed by atoms with Crippen LogP contribution in [0.15, 0.2) is 97.1 Å². The Morgan fingerprint density at radius 1 is 0.975 bits per heavy atom. The summed E-state index contributed by atoms with van der Waals surface area (Å²) in [5.41, 5.74) is 3.37. The Bertz CT molecular complexity index is 1530. The number of aliphatic hydroxyl groups excluding tert-OH is 1. The number of rotatable bonds is 10. The molecule has 1 unspecified atom stereocenters. The molecule has 1 aliphatic heterocycles. The van der Waals surface area contributed by atoms with E-state index in [0.29, 0.717) is 48.7 Å². The van der Waals surface area contributed by atoms with Gasteiger partial charge in [0, 0.05) is 31.0 Å². The van der Waals surface area contributed by atoms with E-state index in [2.05, 4.69) is 11.1 Å². The second-order valence-corrected chi connectivity index (χ2v) is 9.73. The van der Waals surface area contributed by atoms with Crippen molar-refractivity contribution >= 4 is 17.4 Å². The largest absolute Gasteiger partial charge is 0.507 e. The molecule has 40 heavy (non-hydrogen) atoms. The number of amides is 1. The van der Waals surface area contributed by atoms with Crippen LogP contribution in [-0.4, -0.2) is 44.9 Å². The van der Waals surface area contributed by atoms with Crippen LogP contribution in [0.3, 0.4) is 0 Å². The molecule has 1 saturated heterocycles. The zero-order valence-corrected chi connectivity index (χ0v) is 22.5. The highest BCUT2D eigenvalue weighted by molar-refractivity contribution is 6.46. The van der Waals surface area contributed by atoms with Gasteiger partial charge < -0.3 is 24.0 Å². The van der Waals surface area contributed by atoms with Crippen LogP contribution in [0.25, 0.3) is 5.76 Å². The minimum absolute atomic E-state index is 0.0503. The molecule has 4 aromatic rings. The lowest BCUT2D eigenvalue weighted by Gasteiger charge is -2.25. The van der Waals surface area contributed by atoms with E-state index >= 15 is 0 Å². The van der Waals surface area contributed by atoms with E-state index in [1.165, 1.54) is 4.90 Å². The van der Waals surface area contributed by atoms with Gasteiger partial charge in [0.25, 0.3) is 11.7 Å². The fourth-order valence-corrected chi connectivity index (χ4v) is 4.94. The van der Waals surface area contributed by atoms with Gasteiger partial charge in [-0.15, -0.1) is 0 Å². The molecule has 0 saturated carbocycles. The molecule has 0 radical (unpaired) electrons. The number of hydrogen-bond acceptors (Lipinski definition) is 6. The molecular formula is C32H31N3O5. The van der Waals surface area contributed by atoms with Crippen LogP contribution in [0.5, 0.6) is 11.5 Å². The smallest absolute Gasteiger partial charge is 0.295 e. The van der Waals surface area contributed by atoms with Crippen LogP contribution >= 0.6 is 0 Å². The van der Waals surface area contributed by atoms with Gasteiger partial charge in [-0.2, -0.15) is 0 Å². The number of aryl methyl sites for hydroxylation is 2. The van der Waals surface area contributed by atoms with Gasteiger partial charge in [-0.25, -0.2) is 4.98 Å². The van der Waals surface area contributed by atoms with Crippen molar-refractivity contribution in [1.82, 2.24) is 14.5 Å². The number of carbonyl (C=O) groups excluding carboxylic acids is 2. The maximum absolute atomic E-state index is 13.3. The molecule has 0 spiro atoms. The molecule has 8 nitrogen and oxygen atoms in total. The minimum atomic E-state index is -0.755. The van der Waals surface area contributed by atoms with E-state index in [1.54, 1.807) is 62.1 Å². The first-order valence-corrected chi connectivity index (χ1v) is 13.1. The number of ketones is 1. The fourth-order valence-electron chi connectivity index (χ4n) is 4.94. The second-order valence-electron chi connectivity index (χ2n) is 9.73. The van der Waals surface area contributed by atoms with Crippen LogP contribution in [-0.2, 0) is 22.7 Å². The van der Waals surface area contributed by atoms with E-state index in [4.69, 9.17) is 9.47 Å². The summed E-state index contributed by atoms with van der Waals surface area (Å²) >= 11 is 0. The minimum Gasteiger partial charge on any atom is -0.507 e. The summed E-state index contributed by atoms with van der Waals surface area (Å²) in [4.78, 5) is 32.2. The van der Waals surface area contributed by atoms with Gasteiger partial charge in [0.2, 0.25) is 0 Å². The van der Waals surface area contributed by atoms with Crippen molar-refractivity contribution in [3.8, 4) is 11.5 Å². The molecule has 1 aliphatic rings. The summed E-state index contributed by atoms with van der Waals surface area (Å²) in [5.74, 6) is -0.363. The Balaban J connectivity index is 1.42. The number of methoxy groups -OCH3 is 1. The predicted octanol–water partition coefficient (Wildman–Crippen LogP) is 5.29. The third-order valence-electron chi connectivity index (χ3n) is 6.94. The predicted molar refractivity (Wildman–Crippen MR) is 151 cm³/mol. The normalized spacial score (nSPS) is 16.4. The van der Waals surface area contributed by atoms with Crippen molar-refractivity contribution in [2.75, 3.05) is 13.7 Å². The number of hydrogen-bond donors (Lipinski definition) is 1. The number of carbonyl (C=O) groups is 2. The summed E-state index contributed by atoms with van der Waals surface area (Å²) in [6, 6.07) is 21.4. The molecule has 1 N–H and O–H groups in total. The fraction of sp³-hybridized carbons (Fsp3) is 0.219. The van der Waals surface area contributed by atoms with E-state index in [0.717, 1.165) is 11.1 Å². The van der Waals surface area contributed by atoms with E-state index < -0.39 is 17.7 Å². The Kier molecular flexibility index (Phi) is 7.96. The van der Waals surface area contributed by atoms with Gasteiger partial charge in [0.15, 0.2) is 0 Å². The third-order valence-corrected chi connectivity index (χ3v) is 6.94. The van der Waals surface area contributed by atoms with Crippen molar-refractivity contribution in [2.45, 2.75) is 32.5 Å². The van der Waals surface area contributed by atoms with Crippen molar-refractivity contribution in [2.24, 2.45) is 0 Å². The number of imidazole rings is 1. The van der Waals surface area contributed by atoms with Crippen LogP contribution in [0.2, 0.25) is 0 Å². The van der Waals surface area contributed by atoms with Gasteiger partial charge in [0.1, 0.15) is 23.9 Å². The maximum Gasteiger partial charge on any atom is 0.295 e. The quantitative estimate of drug-likeness (QED) is 0.168. The number of benzene rings is 3. The van der Waals surface area contributed by atoms with E-state index in [9.17, 15) is 14.7 Å². The number of ether oxygens (including phenoxy) is 2. The lowest BCUT2D eigenvalue weighted by atomic mass is 9.95. The van der Waals surface area contributed by atoms with Crippen molar-refractivity contribution in [3.63, 3.8) is 0 Å². The third kappa shape index (κ3) is 5.76. The molecule has 0 aliphatic carbocycles. The molecule has 2 heterocycles. The van der Waals surface area contributed by atoms with Crippen LogP contribution < -0.4 is 9.47 Å². The van der Waals surface area contributed by atoms with E-state index in [1.807, 2.05) is 42.0 Å². The molecule has 3 aromatic carbocycles. The van der Waals surface area contributed by atoms with Crippen LogP contribution in [0, 0.1) is 6.92 Å². The van der Waals surface area contributed by atoms with Crippen molar-refractivity contribution < 1.29 is 24.2 Å². The highest BCUT2D eigenvalue weighted by Crippen LogP contribution is 2.40. The van der Waals surface area contributed by atoms with E-state index in [-0.39, 0.29) is 11.3 Å². The Labute approximate surface area is 233 Å². The highest BCUT2D eigenvalue weighted by Gasteiger charge is 2.45. The van der Waals surface area contributed by atoms with Gasteiger partial charge in [-0.1, -0.05) is 42.0 Å². The molecular weight excluding hydrogens is 506 g/mol. The number of likely N-dealkylation sites (tertiary alicyclic amines) is 1. The molecule has 1 amide bonds. The van der Waals surface area contributed by atoms with Gasteiger partial charge in [0.05, 0.1) is 25.1 Å². The zero-order valence-electron chi connectivity index (χ0n) is 22.5. The van der Waals surface area contributed by atoms with Crippen LogP contribution in [0.4, 0.5) is 0 Å².